The first-order valence-corrected chi connectivity index (χ1v) is 9.77. The van der Waals surface area contributed by atoms with Crippen LogP contribution in [0.1, 0.15) is 24.3 Å². The number of benzene rings is 1. The Morgan fingerprint density at radius 3 is 2.59 bits per heavy atom. The van der Waals surface area contributed by atoms with Gasteiger partial charge in [0.2, 0.25) is 5.91 Å². The lowest BCUT2D eigenvalue weighted by atomic mass is 10.1. The van der Waals surface area contributed by atoms with Crippen molar-refractivity contribution in [3.8, 4) is 11.5 Å². The maximum atomic E-state index is 12.4. The van der Waals surface area contributed by atoms with Gasteiger partial charge in [-0.05, 0) is 44.6 Å². The number of hydrogen-bond acceptors (Lipinski definition) is 6. The molecule has 1 aromatic heterocycles. The van der Waals surface area contributed by atoms with Crippen molar-refractivity contribution in [2.75, 3.05) is 40.2 Å². The average molecular weight is 392 g/mol. The fraction of sp³-hybridized carbons (Fsp3) is 0.450. The van der Waals surface area contributed by atoms with Gasteiger partial charge in [-0.15, -0.1) is 11.3 Å². The third kappa shape index (κ3) is 6.23. The van der Waals surface area contributed by atoms with Crippen molar-refractivity contribution in [1.29, 1.82) is 0 Å². The van der Waals surface area contributed by atoms with Crippen LogP contribution in [0.4, 0.5) is 5.69 Å². The lowest BCUT2D eigenvalue weighted by Gasteiger charge is -2.25. The molecule has 7 heteroatoms. The minimum Gasteiger partial charge on any atom is -0.497 e. The molecule has 0 fully saturated rings. The molecule has 6 nitrogen and oxygen atoms in total. The van der Waals surface area contributed by atoms with E-state index in [4.69, 9.17) is 9.47 Å². The Bertz CT molecular complexity index is 719. The molecule has 0 aliphatic heterocycles. The second-order valence-electron chi connectivity index (χ2n) is 6.62. The summed E-state index contributed by atoms with van der Waals surface area (Å²) < 4.78 is 10.5. The van der Waals surface area contributed by atoms with Gasteiger partial charge in [-0.25, -0.2) is 0 Å². The predicted molar refractivity (Wildman–Crippen MR) is 111 cm³/mol. The number of ether oxygens (including phenoxy) is 2. The van der Waals surface area contributed by atoms with E-state index in [1.807, 2.05) is 6.92 Å². The number of nitrogens with zero attached hydrogens (tertiary/aromatic N) is 1. The van der Waals surface area contributed by atoms with Crippen LogP contribution in [0.25, 0.3) is 0 Å². The molecule has 0 spiro atoms. The molecule has 2 unspecified atom stereocenters. The lowest BCUT2D eigenvalue weighted by molar-refractivity contribution is -0.116. The molecule has 0 radical (unpaired) electrons. The Balaban J connectivity index is 1.90. The summed E-state index contributed by atoms with van der Waals surface area (Å²) >= 11 is 1.75. The summed E-state index contributed by atoms with van der Waals surface area (Å²) in [5.41, 5.74) is 0.610. The molecule has 0 saturated carbocycles. The normalized spacial score (nSPS) is 13.3. The van der Waals surface area contributed by atoms with Crippen molar-refractivity contribution in [3.05, 3.63) is 40.6 Å². The summed E-state index contributed by atoms with van der Waals surface area (Å²) in [6.45, 7) is 2.80. The number of anilines is 1. The van der Waals surface area contributed by atoms with Crippen LogP contribution in [0, 0.1) is 0 Å². The van der Waals surface area contributed by atoms with E-state index in [9.17, 15) is 4.79 Å². The number of hydrogen-bond donors (Lipinski definition) is 2. The molecule has 148 valence electrons. The van der Waals surface area contributed by atoms with Gasteiger partial charge in [0.1, 0.15) is 11.5 Å². The van der Waals surface area contributed by atoms with Gasteiger partial charge in [-0.3, -0.25) is 4.79 Å². The maximum absolute atomic E-state index is 12.4. The Morgan fingerprint density at radius 1 is 1.22 bits per heavy atom. The summed E-state index contributed by atoms with van der Waals surface area (Å²) in [5.74, 6) is 1.20. The highest BCUT2D eigenvalue weighted by atomic mass is 32.1. The van der Waals surface area contributed by atoms with Crippen LogP contribution in [0.15, 0.2) is 35.7 Å². The third-order valence-electron chi connectivity index (χ3n) is 4.33. The van der Waals surface area contributed by atoms with Crippen LogP contribution in [-0.4, -0.2) is 51.7 Å². The number of carbonyl (C=O) groups excluding carboxylic acids is 1. The van der Waals surface area contributed by atoms with E-state index >= 15 is 0 Å². The molecule has 2 N–H and O–H groups in total. The highest BCUT2D eigenvalue weighted by molar-refractivity contribution is 7.10. The van der Waals surface area contributed by atoms with Crippen molar-refractivity contribution in [2.45, 2.75) is 25.4 Å². The van der Waals surface area contributed by atoms with E-state index in [1.54, 1.807) is 43.8 Å². The number of thiophene rings is 1. The van der Waals surface area contributed by atoms with Gasteiger partial charge >= 0.3 is 0 Å². The summed E-state index contributed by atoms with van der Waals surface area (Å²) in [6, 6.07) is 9.87. The van der Waals surface area contributed by atoms with Gasteiger partial charge in [0.15, 0.2) is 0 Å². The molecule has 2 aromatic rings. The smallest absolute Gasteiger partial charge is 0.226 e. The van der Waals surface area contributed by atoms with Crippen LogP contribution in [0.5, 0.6) is 11.5 Å². The number of amides is 1. The van der Waals surface area contributed by atoms with E-state index < -0.39 is 0 Å². The topological polar surface area (TPSA) is 62.8 Å². The van der Waals surface area contributed by atoms with Crippen molar-refractivity contribution in [1.82, 2.24) is 10.2 Å². The molecular formula is C20H29N3O3S. The third-order valence-corrected chi connectivity index (χ3v) is 5.30. The minimum absolute atomic E-state index is 0.0454. The number of nitrogens with one attached hydrogen (secondary N) is 2. The van der Waals surface area contributed by atoms with Crippen LogP contribution in [0.3, 0.4) is 0 Å². The Hall–Kier alpha value is -2.09. The highest BCUT2D eigenvalue weighted by Gasteiger charge is 2.17. The molecule has 1 amide bonds. The molecule has 27 heavy (non-hydrogen) atoms. The zero-order valence-corrected chi connectivity index (χ0v) is 17.4. The molecule has 0 saturated heterocycles. The average Bonchev–Trinajstić information content (AvgIpc) is 3.15. The Labute approximate surface area is 165 Å². The number of carbonyl (C=O) groups is 1. The Kier molecular flexibility index (Phi) is 8.09. The summed E-state index contributed by atoms with van der Waals surface area (Å²) in [4.78, 5) is 15.9. The quantitative estimate of drug-likeness (QED) is 0.650. The van der Waals surface area contributed by atoms with Gasteiger partial charge in [-0.2, -0.15) is 0 Å². The van der Waals surface area contributed by atoms with Gasteiger partial charge in [0.05, 0.1) is 25.9 Å². The summed E-state index contributed by atoms with van der Waals surface area (Å²) in [5, 5.41) is 8.47. The standard InChI is InChI=1S/C20H29N3O3S/c1-14(21-13-17(23(2)3)19-7-6-10-27-19)11-20(24)22-16-12-15(25-4)8-9-18(16)26-5/h6-10,12,14,17,21H,11,13H2,1-5H3,(H,22,24). The number of likely N-dealkylation sites (N-methyl/N-ethyl adjacent to an activating group) is 1. The molecule has 1 heterocycles. The van der Waals surface area contributed by atoms with Crippen molar-refractivity contribution in [2.24, 2.45) is 0 Å². The Morgan fingerprint density at radius 2 is 2.00 bits per heavy atom. The second kappa shape index (κ2) is 10.3. The van der Waals surface area contributed by atoms with E-state index in [0.717, 1.165) is 6.54 Å². The zero-order valence-electron chi connectivity index (χ0n) is 16.6. The second-order valence-corrected chi connectivity index (χ2v) is 7.60. The fourth-order valence-electron chi connectivity index (χ4n) is 2.79. The van der Waals surface area contributed by atoms with Gasteiger partial charge in [0.25, 0.3) is 0 Å². The zero-order chi connectivity index (χ0) is 19.8. The molecule has 2 rings (SSSR count). The van der Waals surface area contributed by atoms with E-state index in [2.05, 4.69) is 47.1 Å². The van der Waals surface area contributed by atoms with Gasteiger partial charge in [0, 0.05) is 30.0 Å². The summed E-state index contributed by atoms with van der Waals surface area (Å²) in [7, 11) is 7.30. The van der Waals surface area contributed by atoms with E-state index in [0.29, 0.717) is 23.6 Å². The summed E-state index contributed by atoms with van der Waals surface area (Å²) in [6.07, 6.45) is 0.366. The fourth-order valence-corrected chi connectivity index (χ4v) is 3.72. The van der Waals surface area contributed by atoms with Gasteiger partial charge < -0.3 is 25.0 Å². The molecule has 1 aromatic carbocycles. The van der Waals surface area contributed by atoms with Gasteiger partial charge in [-0.1, -0.05) is 6.07 Å². The van der Waals surface area contributed by atoms with E-state index in [1.165, 1.54) is 4.88 Å². The van der Waals surface area contributed by atoms with Crippen molar-refractivity contribution in [3.63, 3.8) is 0 Å². The SMILES string of the molecule is COc1ccc(OC)c(NC(=O)CC(C)NCC(c2cccs2)N(C)C)c1. The minimum atomic E-state index is -0.0703. The molecular weight excluding hydrogens is 362 g/mol. The number of methoxy groups -OCH3 is 2. The largest absolute Gasteiger partial charge is 0.497 e. The van der Waals surface area contributed by atoms with Crippen molar-refractivity contribution < 1.29 is 14.3 Å². The molecule has 0 bridgehead atoms. The number of rotatable bonds is 10. The van der Waals surface area contributed by atoms with Crippen molar-refractivity contribution >= 4 is 22.9 Å². The first-order valence-electron chi connectivity index (χ1n) is 8.89. The monoisotopic (exact) mass is 391 g/mol. The van der Waals surface area contributed by atoms with Crippen LogP contribution in [-0.2, 0) is 4.79 Å². The van der Waals surface area contributed by atoms with Crippen LogP contribution in [0.2, 0.25) is 0 Å². The predicted octanol–water partition coefficient (Wildman–Crippen LogP) is 3.37. The molecule has 0 aliphatic carbocycles. The molecule has 2 atom stereocenters. The highest BCUT2D eigenvalue weighted by Crippen LogP contribution is 2.29. The van der Waals surface area contributed by atoms with E-state index in [-0.39, 0.29) is 18.0 Å². The van der Waals surface area contributed by atoms with Crippen LogP contribution < -0.4 is 20.1 Å². The maximum Gasteiger partial charge on any atom is 0.226 e. The lowest BCUT2D eigenvalue weighted by Crippen LogP contribution is -2.37. The molecule has 0 aliphatic rings. The first kappa shape index (κ1) is 21.2. The van der Waals surface area contributed by atoms with Crippen LogP contribution >= 0.6 is 11.3 Å². The first-order chi connectivity index (χ1) is 12.9.